The molecule has 3 saturated heterocycles. The van der Waals surface area contributed by atoms with Crippen molar-refractivity contribution in [2.75, 3.05) is 57.4 Å². The molecule has 15 atom stereocenters. The van der Waals surface area contributed by atoms with Gasteiger partial charge in [0.2, 0.25) is 82.7 Å². The molecule has 0 unspecified atom stereocenters. The van der Waals surface area contributed by atoms with Crippen molar-refractivity contribution in [3.63, 3.8) is 0 Å². The molecule has 45 heteroatoms. The van der Waals surface area contributed by atoms with Gasteiger partial charge in [0.05, 0.1) is 26.1 Å². The Morgan fingerprint density at radius 3 is 1.44 bits per heavy atom. The Morgan fingerprint density at radius 2 is 0.935 bits per heavy atom. The van der Waals surface area contributed by atoms with Crippen LogP contribution in [0.5, 0.6) is 5.75 Å². The van der Waals surface area contributed by atoms with E-state index in [9.17, 15) is 112 Å². The number of rotatable bonds is 49. The molecular formula is C78H116N20O23S2. The van der Waals surface area contributed by atoms with Crippen molar-refractivity contribution in [3.8, 4) is 5.75 Å². The number of thiol groups is 2. The number of phenols is 1. The maximum absolute atomic E-state index is 14.9. The minimum atomic E-state index is -2.05. The highest BCUT2D eigenvalue weighted by atomic mass is 32.1. The summed E-state index contributed by atoms with van der Waals surface area (Å²) in [4.78, 5) is 243. The highest BCUT2D eigenvalue weighted by molar-refractivity contribution is 7.80. The second-order valence-electron chi connectivity index (χ2n) is 31.1. The van der Waals surface area contributed by atoms with Crippen LogP contribution in [0.15, 0.2) is 54.7 Å². The van der Waals surface area contributed by atoms with Crippen molar-refractivity contribution >= 4 is 143 Å². The molecule has 0 saturated carbocycles. The number of H-pyrrole nitrogens is 1. The summed E-state index contributed by atoms with van der Waals surface area (Å²) in [6, 6.07) is -10.8. The van der Waals surface area contributed by atoms with E-state index in [0.717, 1.165) is 9.80 Å². The number of amides is 14. The normalized spacial score (nSPS) is 18.0. The number of nitrogens with two attached hydrogens (primary N) is 3. The number of guanidine groups is 1. The Bertz CT molecular complexity index is 4250. The Hall–Kier alpha value is -11.4. The number of hydrogen-bond donors (Lipinski definition) is 25. The summed E-state index contributed by atoms with van der Waals surface area (Å²) in [7, 11) is 0. The van der Waals surface area contributed by atoms with Crippen LogP contribution in [-0.2, 0) is 94.3 Å². The monoisotopic (exact) mass is 1760 g/mol. The van der Waals surface area contributed by atoms with Crippen LogP contribution in [0.2, 0.25) is 0 Å². The quantitative estimate of drug-likeness (QED) is 0.0108. The molecule has 6 rings (SSSR count). The molecular weight excluding hydrogens is 1650 g/mol. The van der Waals surface area contributed by atoms with Gasteiger partial charge in [-0.2, -0.15) is 25.3 Å². The standard InChI is InChI=1S/C78H116N20O23S2/c1-39(2)29-49(68(111)95-62(40(3)4)77(120)121)90-71(114)58-18-11-27-97(58)75(118)48(16-9-25-83-78(81)82)86-63(106)47(15-7-8-24-79)85-66(109)52(32-60(102)103)89-70(113)55(37-122)93-67(110)53(33-61(104)105)91-72(115)59-19-12-28-98(59)76(119)56(38-123)94-64(107)50(30-41-20-22-43(101)23-21-41)87-65(108)51(31-42-34-84-46-14-6-5-13-44(42)46)88-69(112)54(36-100)92-73(116)57-17-10-26-96(57)74(117)45(80)35-99/h5-6,13-14,20-23,34,39-40,45,47-59,62,84,99-101,122-123H,7-12,15-19,24-33,35-38,79-80H2,1-4H3,(H,85,109)(H,86,106)(H,87,108)(H,88,112)(H,89,113)(H,90,114)(H,91,115)(H,92,116)(H,93,110)(H,94,107)(H,95,111)(H,102,103)(H,104,105)(H,120,121)(H4,81,82,83)/t45-,47-,48-,49-,50-,51-,52-,53-,54-,55-,56-,57-,58-,59-,62-/m0/s1. The van der Waals surface area contributed by atoms with Crippen LogP contribution in [0.25, 0.3) is 10.9 Å². The van der Waals surface area contributed by atoms with Gasteiger partial charge in [0.25, 0.3) is 0 Å². The van der Waals surface area contributed by atoms with Crippen molar-refractivity contribution in [2.24, 2.45) is 29.0 Å². The van der Waals surface area contributed by atoms with E-state index in [0.29, 0.717) is 34.9 Å². The van der Waals surface area contributed by atoms with Gasteiger partial charge >= 0.3 is 17.9 Å². The van der Waals surface area contributed by atoms with Gasteiger partial charge in [-0.1, -0.05) is 58.0 Å². The first kappa shape index (κ1) is 100. The molecule has 0 spiro atoms. The number of hydrogen-bond acceptors (Lipinski definition) is 25. The third-order valence-corrected chi connectivity index (χ3v) is 21.7. The van der Waals surface area contributed by atoms with Crippen molar-refractivity contribution in [1.29, 1.82) is 5.41 Å². The van der Waals surface area contributed by atoms with E-state index in [1.165, 1.54) is 29.2 Å². The molecule has 4 heterocycles. The summed E-state index contributed by atoms with van der Waals surface area (Å²) < 4.78 is 0. The number of aromatic nitrogens is 1. The largest absolute Gasteiger partial charge is 0.508 e. The number of benzene rings is 2. The molecule has 43 nitrogen and oxygen atoms in total. The van der Waals surface area contributed by atoms with E-state index in [1.807, 2.05) is 0 Å². The molecule has 14 amide bonds. The van der Waals surface area contributed by atoms with Gasteiger partial charge in [-0.05, 0) is 125 Å². The predicted octanol–water partition coefficient (Wildman–Crippen LogP) is -5.74. The number of carboxylic acid groups (broad SMARTS) is 3. The summed E-state index contributed by atoms with van der Waals surface area (Å²) in [5.41, 5.74) is 18.5. The number of para-hydroxylation sites is 1. The van der Waals surface area contributed by atoms with Crippen LogP contribution < -0.4 is 81.0 Å². The minimum absolute atomic E-state index is 0.00201. The van der Waals surface area contributed by atoms with Crippen LogP contribution >= 0.6 is 25.3 Å². The molecule has 123 heavy (non-hydrogen) atoms. The molecule has 0 bridgehead atoms. The predicted molar refractivity (Wildman–Crippen MR) is 448 cm³/mol. The first-order valence-electron chi connectivity index (χ1n) is 40.6. The van der Waals surface area contributed by atoms with Crippen LogP contribution in [-0.4, -0.2) is 305 Å². The first-order chi connectivity index (χ1) is 58.3. The molecule has 678 valence electrons. The fourth-order valence-corrected chi connectivity index (χ4v) is 15.0. The molecule has 1 aromatic heterocycles. The van der Waals surface area contributed by atoms with Gasteiger partial charge in [-0.15, -0.1) is 0 Å². The van der Waals surface area contributed by atoms with Gasteiger partial charge in [-0.25, -0.2) is 4.79 Å². The fraction of sp³-hybridized carbons (Fsp3) is 0.590. The van der Waals surface area contributed by atoms with E-state index in [2.05, 4.69) is 94.0 Å². The molecule has 3 aromatic rings. The molecule has 0 radical (unpaired) electrons. The highest BCUT2D eigenvalue weighted by Crippen LogP contribution is 2.26. The van der Waals surface area contributed by atoms with Crippen molar-refractivity contribution in [3.05, 3.63) is 65.9 Å². The number of aromatic hydroxyl groups is 1. The smallest absolute Gasteiger partial charge is 0.326 e. The lowest BCUT2D eigenvalue weighted by Crippen LogP contribution is -2.61. The van der Waals surface area contributed by atoms with Gasteiger partial charge in [0.15, 0.2) is 5.96 Å². The number of nitrogens with one attached hydrogen (secondary N) is 14. The zero-order valence-corrected chi connectivity index (χ0v) is 70.6. The zero-order valence-electron chi connectivity index (χ0n) is 68.8. The Kier molecular flexibility index (Phi) is 40.0. The number of aliphatic hydroxyl groups excluding tert-OH is 2. The molecule has 3 fully saturated rings. The minimum Gasteiger partial charge on any atom is -0.508 e. The number of carbonyl (C=O) groups is 17. The third-order valence-electron chi connectivity index (χ3n) is 21.0. The van der Waals surface area contributed by atoms with E-state index >= 15 is 0 Å². The average molecular weight is 1770 g/mol. The Labute approximate surface area is 719 Å². The fourth-order valence-electron chi connectivity index (χ4n) is 14.5. The lowest BCUT2D eigenvalue weighted by atomic mass is 10.00. The number of aliphatic carboxylic acids is 3. The topological polar surface area (TPSA) is 683 Å². The van der Waals surface area contributed by atoms with Crippen molar-refractivity contribution < 1.29 is 112 Å². The van der Waals surface area contributed by atoms with Crippen molar-refractivity contribution in [2.45, 2.75) is 221 Å². The number of aliphatic hydroxyl groups is 2. The van der Waals surface area contributed by atoms with Crippen LogP contribution in [0.4, 0.5) is 0 Å². The zero-order chi connectivity index (χ0) is 91.1. The molecule has 2 aromatic carbocycles. The average Bonchev–Trinajstić information content (AvgIpc) is 1.74. The van der Waals surface area contributed by atoms with E-state index in [4.69, 9.17) is 22.6 Å². The lowest BCUT2D eigenvalue weighted by Gasteiger charge is -2.31. The second kappa shape index (κ2) is 49.0. The maximum atomic E-state index is 14.9. The summed E-state index contributed by atoms with van der Waals surface area (Å²) >= 11 is 8.55. The van der Waals surface area contributed by atoms with E-state index in [-0.39, 0.29) is 121 Å². The number of unbranched alkanes of at least 4 members (excludes halogenated alkanes) is 1. The van der Waals surface area contributed by atoms with Crippen LogP contribution in [0, 0.1) is 17.2 Å². The van der Waals surface area contributed by atoms with Gasteiger partial charge < -0.3 is 131 Å². The highest BCUT2D eigenvalue weighted by Gasteiger charge is 2.45. The summed E-state index contributed by atoms with van der Waals surface area (Å²) in [6.07, 6.45) is -0.155. The molecule has 3 aliphatic rings. The SMILES string of the molecule is CC(C)C[C@H](NC(=O)[C@@H]1CCCN1C(=O)[C@H](CCCNC(=N)N)NC(=O)[C@H](CCCCN)NC(=O)[C@H](CC(=O)O)NC(=O)[C@H](CS)NC(=O)[C@H](CC(=O)O)NC(=O)[C@@H]1CCCN1C(=O)[C@H](CS)NC(=O)[C@H](Cc1ccc(O)cc1)NC(=O)[C@H](Cc1c[nH]c2ccccc12)NC(=O)[C@H](CO)NC(=O)[C@@H]1CCCN1C(=O)[C@@H](N)CO)C(=O)N[C@H](C(=O)O)C(C)C. The van der Waals surface area contributed by atoms with Crippen LogP contribution in [0.1, 0.15) is 129 Å². The number of carbonyl (C=O) groups excluding carboxylic acids is 14. The second-order valence-corrected chi connectivity index (χ2v) is 31.8. The number of carboxylic acids is 3. The van der Waals surface area contributed by atoms with E-state index < -0.39 is 241 Å². The number of phenolic OH excluding ortho intramolecular Hbond substituents is 1. The first-order valence-corrected chi connectivity index (χ1v) is 41.8. The van der Waals surface area contributed by atoms with E-state index in [1.54, 1.807) is 58.2 Å². The molecule has 3 aliphatic heterocycles. The Morgan fingerprint density at radius 1 is 0.504 bits per heavy atom. The lowest BCUT2D eigenvalue weighted by molar-refractivity contribution is -0.144. The number of fused-ring (bicyclic) bond motifs is 1. The van der Waals surface area contributed by atoms with Crippen molar-refractivity contribution in [1.82, 2.24) is 83.5 Å². The number of aromatic amines is 1. The maximum Gasteiger partial charge on any atom is 0.326 e. The summed E-state index contributed by atoms with van der Waals surface area (Å²) in [5, 5.41) is 98.3. The Balaban J connectivity index is 1.16. The van der Waals surface area contributed by atoms with Crippen LogP contribution in [0.3, 0.4) is 0 Å². The van der Waals surface area contributed by atoms with Gasteiger partial charge in [-0.3, -0.25) is 82.1 Å². The third kappa shape index (κ3) is 30.0. The summed E-state index contributed by atoms with van der Waals surface area (Å²) in [5.74, 6) is -20.9. The molecule has 26 N–H and O–H groups in total. The molecule has 0 aliphatic carbocycles. The number of nitrogens with zero attached hydrogens (tertiary/aromatic N) is 3. The van der Waals surface area contributed by atoms with Gasteiger partial charge in [0.1, 0.15) is 96.4 Å². The number of likely N-dealkylation sites (tertiary alicyclic amines) is 3. The van der Waals surface area contributed by atoms with Gasteiger partial charge in [0, 0.05) is 67.6 Å². The summed E-state index contributed by atoms with van der Waals surface area (Å²) in [6.45, 7) is 5.10.